The lowest BCUT2D eigenvalue weighted by atomic mass is 9.41. The monoisotopic (exact) mass is 1130 g/mol. The van der Waals surface area contributed by atoms with Gasteiger partial charge in [-0.15, -0.1) is 0 Å². The largest absolute Gasteiger partial charge is 0.462 e. The smallest absolute Gasteiger partial charge is 0.314 e. The molecular formula is C55H86O24. The second kappa shape index (κ2) is 22.6. The van der Waals surface area contributed by atoms with Crippen LogP contribution in [0, 0.1) is 39.4 Å². The quantitative estimate of drug-likeness (QED) is 0.0673. The van der Waals surface area contributed by atoms with Gasteiger partial charge in [0.2, 0.25) is 0 Å². The minimum absolute atomic E-state index is 0.0263. The van der Waals surface area contributed by atoms with E-state index in [0.29, 0.717) is 44.9 Å². The molecule has 27 unspecified atom stereocenters. The van der Waals surface area contributed by atoms with E-state index in [9.17, 15) is 65.8 Å². The summed E-state index contributed by atoms with van der Waals surface area (Å²) in [5, 5.41) is 120. The van der Waals surface area contributed by atoms with Gasteiger partial charge in [0.15, 0.2) is 25.2 Å². The van der Waals surface area contributed by atoms with Crippen LogP contribution in [0.5, 0.6) is 0 Å². The van der Waals surface area contributed by atoms with Crippen molar-refractivity contribution in [1.82, 2.24) is 0 Å². The number of methoxy groups -OCH3 is 1. The topological polar surface area (TPSA) is 358 Å². The highest BCUT2D eigenvalue weighted by Crippen LogP contribution is 2.76. The summed E-state index contributed by atoms with van der Waals surface area (Å²) in [4.78, 5) is 27.4. The van der Waals surface area contributed by atoms with Crippen LogP contribution in [0.3, 0.4) is 0 Å². The van der Waals surface area contributed by atoms with E-state index in [2.05, 4.69) is 33.8 Å². The average molecular weight is 1130 g/mol. The van der Waals surface area contributed by atoms with Crippen molar-refractivity contribution in [3.05, 3.63) is 23.8 Å². The Morgan fingerprint density at radius 3 is 2.01 bits per heavy atom. The highest BCUT2D eigenvalue weighted by atomic mass is 16.8. The van der Waals surface area contributed by atoms with Gasteiger partial charge in [-0.25, -0.2) is 0 Å². The van der Waals surface area contributed by atoms with Crippen molar-refractivity contribution in [2.24, 2.45) is 39.4 Å². The van der Waals surface area contributed by atoms with Crippen molar-refractivity contribution in [1.29, 1.82) is 0 Å². The van der Waals surface area contributed by atoms with E-state index in [1.807, 2.05) is 13.0 Å². The van der Waals surface area contributed by atoms with Crippen molar-refractivity contribution in [3.8, 4) is 0 Å². The molecule has 0 aromatic rings. The van der Waals surface area contributed by atoms with Crippen LogP contribution < -0.4 is 0 Å². The summed E-state index contributed by atoms with van der Waals surface area (Å²) >= 11 is 0. The molecule has 5 heterocycles. The maximum Gasteiger partial charge on any atom is 0.314 e. The SMILES string of the molecule is COC1C(O)C(CO)OC(OC2C(O)COC(OC3C(CO)OC(OC4C(OC5CCC6(C)C7CCC89C(=O)OC(C)(CC=CC(C)(C)O)C8C(OC(C)=O)CC9(C)C7=CCC6C5(C)C)OCC(O)C4O)C(O)C3O)C2O)C1O. The number of rotatable bonds is 15. The molecular weight excluding hydrogens is 1040 g/mol. The predicted molar refractivity (Wildman–Crippen MR) is 268 cm³/mol. The van der Waals surface area contributed by atoms with E-state index in [1.165, 1.54) is 19.6 Å². The van der Waals surface area contributed by atoms with Crippen LogP contribution in [-0.4, -0.2) is 236 Å². The molecule has 0 bridgehead atoms. The summed E-state index contributed by atoms with van der Waals surface area (Å²) in [6.45, 7) is 12.9. The number of aliphatic hydroxyl groups excluding tert-OH is 10. The van der Waals surface area contributed by atoms with E-state index < -0.39 is 182 Å². The Morgan fingerprint density at radius 2 is 1.35 bits per heavy atom. The molecule has 0 amide bonds. The number of carbonyl (C=O) groups excluding carboxylic acids is 2. The lowest BCUT2D eigenvalue weighted by molar-refractivity contribution is -0.385. The van der Waals surface area contributed by atoms with Gasteiger partial charge in [-0.2, -0.15) is 0 Å². The number of carbonyl (C=O) groups is 2. The second-order valence-electron chi connectivity index (χ2n) is 25.6. The number of cyclic esters (lactones) is 1. The van der Waals surface area contributed by atoms with Crippen LogP contribution in [0.4, 0.5) is 0 Å². The maximum absolute atomic E-state index is 14.6. The Kier molecular flexibility index (Phi) is 17.5. The number of fused-ring (bicyclic) bond motifs is 4. The molecule has 11 N–H and O–H groups in total. The first-order valence-electron chi connectivity index (χ1n) is 27.9. The lowest BCUT2D eigenvalue weighted by Gasteiger charge is -2.63. The first kappa shape index (κ1) is 61.2. The Labute approximate surface area is 459 Å². The molecule has 5 aliphatic heterocycles. The first-order valence-corrected chi connectivity index (χ1v) is 27.9. The predicted octanol–water partition coefficient (Wildman–Crippen LogP) is -1.26. The fourth-order valence-electron chi connectivity index (χ4n) is 16.0. The zero-order valence-corrected chi connectivity index (χ0v) is 46.5. The Bertz CT molecular complexity index is 2240. The van der Waals surface area contributed by atoms with Crippen LogP contribution >= 0.6 is 0 Å². The van der Waals surface area contributed by atoms with Gasteiger partial charge in [-0.3, -0.25) is 9.59 Å². The number of allylic oxidation sites excluding steroid dienone is 2. The van der Waals surface area contributed by atoms with Gasteiger partial charge in [0.1, 0.15) is 97.2 Å². The van der Waals surface area contributed by atoms with E-state index in [4.69, 9.17) is 52.1 Å². The molecule has 5 saturated heterocycles. The number of hydrogen-bond donors (Lipinski definition) is 11. The zero-order valence-electron chi connectivity index (χ0n) is 46.5. The number of ether oxygens (including phenoxy) is 11. The average Bonchev–Trinajstić information content (AvgIpc) is 2.39. The number of esters is 2. The molecule has 8 fully saturated rings. The minimum Gasteiger partial charge on any atom is -0.462 e. The highest BCUT2D eigenvalue weighted by Gasteiger charge is 2.79. The molecule has 9 rings (SSSR count). The molecule has 3 saturated carbocycles. The summed E-state index contributed by atoms with van der Waals surface area (Å²) in [6.07, 6.45) is -20.2. The third-order valence-corrected chi connectivity index (χ3v) is 19.8. The third-order valence-electron chi connectivity index (χ3n) is 19.8. The number of hydrogen-bond acceptors (Lipinski definition) is 24. The molecule has 0 aromatic carbocycles. The van der Waals surface area contributed by atoms with Gasteiger partial charge >= 0.3 is 11.9 Å². The van der Waals surface area contributed by atoms with Gasteiger partial charge in [-0.05, 0) is 82.0 Å². The van der Waals surface area contributed by atoms with Crippen molar-refractivity contribution >= 4 is 11.9 Å². The molecule has 1 spiro atoms. The van der Waals surface area contributed by atoms with E-state index in [-0.39, 0.29) is 29.8 Å². The van der Waals surface area contributed by atoms with E-state index in [1.54, 1.807) is 19.9 Å². The summed E-state index contributed by atoms with van der Waals surface area (Å²) < 4.78 is 65.5. The van der Waals surface area contributed by atoms with Crippen molar-refractivity contribution < 1.29 is 118 Å². The molecule has 0 radical (unpaired) electrons. The fourth-order valence-corrected chi connectivity index (χ4v) is 16.0. The Hall–Kier alpha value is -2.38. The van der Waals surface area contributed by atoms with Gasteiger partial charge < -0.3 is 108 Å². The van der Waals surface area contributed by atoms with Crippen molar-refractivity contribution in [2.75, 3.05) is 33.5 Å². The molecule has 450 valence electrons. The van der Waals surface area contributed by atoms with Gasteiger partial charge in [0, 0.05) is 25.9 Å². The third kappa shape index (κ3) is 10.5. The molecule has 27 atom stereocenters. The fraction of sp³-hybridized carbons (Fsp3) is 0.891. The number of aliphatic hydroxyl groups is 11. The summed E-state index contributed by atoms with van der Waals surface area (Å²) in [5.74, 6) is -1.08. The molecule has 79 heavy (non-hydrogen) atoms. The van der Waals surface area contributed by atoms with Crippen molar-refractivity contribution in [3.63, 3.8) is 0 Å². The molecule has 24 nitrogen and oxygen atoms in total. The molecule has 9 aliphatic rings. The maximum atomic E-state index is 14.6. The van der Waals surface area contributed by atoms with Crippen molar-refractivity contribution in [2.45, 2.75) is 234 Å². The second-order valence-corrected chi connectivity index (χ2v) is 25.6. The molecule has 24 heteroatoms. The first-order chi connectivity index (χ1) is 37.0. The van der Waals surface area contributed by atoms with Gasteiger partial charge in [-0.1, -0.05) is 51.5 Å². The Balaban J connectivity index is 0.887. The van der Waals surface area contributed by atoms with Gasteiger partial charge in [0.05, 0.1) is 49.5 Å². The van der Waals surface area contributed by atoms with Crippen LogP contribution in [-0.2, 0) is 61.7 Å². The highest BCUT2D eigenvalue weighted by molar-refractivity contribution is 5.84. The lowest BCUT2D eigenvalue weighted by Crippen LogP contribution is -2.66. The standard InChI is InChI=1S/C55H86O24/c1-24(58)72-29-19-53(7)26-11-12-32-51(4,5)33(14-17-52(32,6)25(26)13-18-55(53)44(29)54(8,79-49(55)67)16-10-15-50(2,3)68)75-48-43(34(61)27(59)22-71-48)78-46-37(64)36(63)41(31(21-57)74-46)77-45-38(65)40(28(60)23-70-45)76-47-39(66)42(69-9)35(62)30(20-56)73-47/h10-11,15,25,27-48,56-57,59-66,68H,12-14,16-23H2,1-9H3. The van der Waals surface area contributed by atoms with Crippen LogP contribution in [0.2, 0.25) is 0 Å². The molecule has 4 aliphatic carbocycles. The Morgan fingerprint density at radius 1 is 0.734 bits per heavy atom. The summed E-state index contributed by atoms with van der Waals surface area (Å²) in [7, 11) is 1.21. The van der Waals surface area contributed by atoms with Gasteiger partial charge in [0.25, 0.3) is 0 Å². The molecule has 0 aromatic heterocycles. The summed E-state index contributed by atoms with van der Waals surface area (Å²) in [5.41, 5.74) is -3.41. The minimum atomic E-state index is -1.96. The van der Waals surface area contributed by atoms with Crippen LogP contribution in [0.25, 0.3) is 0 Å². The van der Waals surface area contributed by atoms with E-state index in [0.717, 1.165) is 0 Å². The van der Waals surface area contributed by atoms with Crippen LogP contribution in [0.15, 0.2) is 23.8 Å². The normalized spacial score (nSPS) is 50.7. The van der Waals surface area contributed by atoms with Crippen LogP contribution in [0.1, 0.15) is 100 Å². The summed E-state index contributed by atoms with van der Waals surface area (Å²) in [6, 6.07) is 0. The zero-order chi connectivity index (χ0) is 57.7. The van der Waals surface area contributed by atoms with E-state index >= 15 is 0 Å².